The van der Waals surface area contributed by atoms with Gasteiger partial charge in [-0.3, -0.25) is 4.90 Å². The van der Waals surface area contributed by atoms with Gasteiger partial charge in [-0.05, 0) is 24.1 Å². The quantitative estimate of drug-likeness (QED) is 0.782. The molecule has 1 aromatic carbocycles. The first-order valence-electron chi connectivity index (χ1n) is 7.73. The van der Waals surface area contributed by atoms with E-state index in [2.05, 4.69) is 24.8 Å². The predicted octanol–water partition coefficient (Wildman–Crippen LogP) is 2.73. The van der Waals surface area contributed by atoms with Gasteiger partial charge >= 0.3 is 0 Å². The Bertz CT molecular complexity index is 808. The standard InChI is InChI=1S/C17H18FN5/c1-11-12(3-2-4-13(11)18)17-16-14(21-10-22-16)5-8-23(17)9-15-19-6-7-20-15/h2-4,6-7,10,17H,5,8-9H2,1H3,(H,19,20)(H,21,22)/t17-/m1/s1. The molecule has 1 aliphatic rings. The molecule has 0 saturated carbocycles. The Hall–Kier alpha value is -2.47. The molecule has 2 N–H and O–H groups in total. The summed E-state index contributed by atoms with van der Waals surface area (Å²) in [7, 11) is 0. The fraction of sp³-hybridized carbons (Fsp3) is 0.294. The fourth-order valence-electron chi connectivity index (χ4n) is 3.34. The Balaban J connectivity index is 1.79. The molecule has 0 unspecified atom stereocenters. The van der Waals surface area contributed by atoms with Crippen molar-refractivity contribution >= 4 is 0 Å². The minimum absolute atomic E-state index is 0.0641. The Morgan fingerprint density at radius 3 is 3.04 bits per heavy atom. The van der Waals surface area contributed by atoms with E-state index in [1.54, 1.807) is 18.6 Å². The van der Waals surface area contributed by atoms with Gasteiger partial charge in [-0.15, -0.1) is 0 Å². The highest BCUT2D eigenvalue weighted by molar-refractivity contribution is 5.38. The van der Waals surface area contributed by atoms with Gasteiger partial charge in [0.05, 0.1) is 24.6 Å². The molecular formula is C17H18FN5. The third-order valence-electron chi connectivity index (χ3n) is 4.54. The van der Waals surface area contributed by atoms with Crippen molar-refractivity contribution in [2.24, 2.45) is 0 Å². The number of imidazole rings is 2. The number of nitrogens with one attached hydrogen (secondary N) is 2. The van der Waals surface area contributed by atoms with Gasteiger partial charge in [0.2, 0.25) is 0 Å². The summed E-state index contributed by atoms with van der Waals surface area (Å²) in [6.45, 7) is 3.38. The van der Waals surface area contributed by atoms with Crippen LogP contribution in [0.3, 0.4) is 0 Å². The molecule has 23 heavy (non-hydrogen) atoms. The topological polar surface area (TPSA) is 60.6 Å². The van der Waals surface area contributed by atoms with Crippen LogP contribution in [0.4, 0.5) is 4.39 Å². The molecule has 1 aliphatic heterocycles. The zero-order chi connectivity index (χ0) is 15.8. The zero-order valence-corrected chi connectivity index (χ0v) is 12.9. The minimum atomic E-state index is -0.178. The second kappa shape index (κ2) is 5.62. The van der Waals surface area contributed by atoms with Crippen LogP contribution in [0.1, 0.15) is 34.4 Å². The average molecular weight is 311 g/mol. The highest BCUT2D eigenvalue weighted by Gasteiger charge is 2.32. The molecule has 0 radical (unpaired) electrons. The van der Waals surface area contributed by atoms with E-state index in [-0.39, 0.29) is 11.9 Å². The first kappa shape index (κ1) is 14.1. The van der Waals surface area contributed by atoms with Gasteiger partial charge in [-0.25, -0.2) is 14.4 Å². The zero-order valence-electron chi connectivity index (χ0n) is 12.9. The summed E-state index contributed by atoms with van der Waals surface area (Å²) in [5.74, 6) is 0.728. The van der Waals surface area contributed by atoms with Crippen LogP contribution in [0.2, 0.25) is 0 Å². The normalized spacial score (nSPS) is 18.1. The number of benzene rings is 1. The van der Waals surface area contributed by atoms with E-state index in [0.29, 0.717) is 12.1 Å². The van der Waals surface area contributed by atoms with Crippen LogP contribution < -0.4 is 0 Å². The number of fused-ring (bicyclic) bond motifs is 1. The van der Waals surface area contributed by atoms with E-state index in [1.165, 1.54) is 6.07 Å². The number of H-pyrrole nitrogens is 2. The van der Waals surface area contributed by atoms with Crippen LogP contribution in [0.5, 0.6) is 0 Å². The second-order valence-electron chi connectivity index (χ2n) is 5.88. The van der Waals surface area contributed by atoms with E-state index >= 15 is 0 Å². The summed E-state index contributed by atoms with van der Waals surface area (Å²) in [5.41, 5.74) is 3.76. The first-order valence-corrected chi connectivity index (χ1v) is 7.73. The average Bonchev–Trinajstić information content (AvgIpc) is 3.21. The molecule has 0 bridgehead atoms. The molecule has 3 aromatic rings. The van der Waals surface area contributed by atoms with Crippen LogP contribution in [0, 0.1) is 12.7 Å². The maximum atomic E-state index is 14.1. The van der Waals surface area contributed by atoms with Crippen LogP contribution in [-0.4, -0.2) is 31.4 Å². The molecule has 118 valence electrons. The molecular weight excluding hydrogens is 293 g/mol. The molecule has 4 rings (SSSR count). The number of rotatable bonds is 3. The van der Waals surface area contributed by atoms with Gasteiger partial charge in [0.1, 0.15) is 11.6 Å². The Morgan fingerprint density at radius 2 is 2.22 bits per heavy atom. The van der Waals surface area contributed by atoms with Gasteiger partial charge in [-0.2, -0.15) is 0 Å². The number of aromatic amines is 2. The maximum Gasteiger partial charge on any atom is 0.126 e. The van der Waals surface area contributed by atoms with Gasteiger partial charge in [0.25, 0.3) is 0 Å². The van der Waals surface area contributed by atoms with Crippen molar-refractivity contribution in [2.75, 3.05) is 6.54 Å². The number of aromatic nitrogens is 4. The summed E-state index contributed by atoms with van der Waals surface area (Å²) in [6, 6.07) is 5.20. The highest BCUT2D eigenvalue weighted by Crippen LogP contribution is 2.36. The largest absolute Gasteiger partial charge is 0.348 e. The van der Waals surface area contributed by atoms with Crippen molar-refractivity contribution in [3.63, 3.8) is 0 Å². The van der Waals surface area contributed by atoms with Gasteiger partial charge in [0.15, 0.2) is 0 Å². The van der Waals surface area contributed by atoms with Crippen LogP contribution >= 0.6 is 0 Å². The van der Waals surface area contributed by atoms with Crippen LogP contribution in [0.25, 0.3) is 0 Å². The van der Waals surface area contributed by atoms with Crippen molar-refractivity contribution in [1.29, 1.82) is 0 Å². The molecule has 1 atom stereocenters. The number of halogens is 1. The lowest BCUT2D eigenvalue weighted by Crippen LogP contribution is -2.36. The number of nitrogens with zero attached hydrogens (tertiary/aromatic N) is 3. The Labute approximate surface area is 133 Å². The number of hydrogen-bond acceptors (Lipinski definition) is 3. The Morgan fingerprint density at radius 1 is 1.30 bits per heavy atom. The summed E-state index contributed by atoms with van der Waals surface area (Å²) in [6.07, 6.45) is 6.20. The minimum Gasteiger partial charge on any atom is -0.348 e. The second-order valence-corrected chi connectivity index (χ2v) is 5.88. The Kier molecular flexibility index (Phi) is 3.46. The summed E-state index contributed by atoms with van der Waals surface area (Å²) < 4.78 is 14.1. The molecule has 5 nitrogen and oxygen atoms in total. The highest BCUT2D eigenvalue weighted by atomic mass is 19.1. The van der Waals surface area contributed by atoms with E-state index in [1.807, 2.05) is 19.2 Å². The summed E-state index contributed by atoms with van der Waals surface area (Å²) in [4.78, 5) is 17.5. The lowest BCUT2D eigenvalue weighted by atomic mass is 9.92. The SMILES string of the molecule is Cc1c(F)cccc1[C@@H]1c2nc[nH]c2CCN1Cc1ncc[nH]1. The molecule has 3 heterocycles. The van der Waals surface area contributed by atoms with E-state index in [9.17, 15) is 4.39 Å². The molecule has 0 fully saturated rings. The summed E-state index contributed by atoms with van der Waals surface area (Å²) >= 11 is 0. The van der Waals surface area contributed by atoms with Crippen molar-refractivity contribution in [3.05, 3.63) is 71.1 Å². The first-order chi connectivity index (χ1) is 11.2. The van der Waals surface area contributed by atoms with Crippen molar-refractivity contribution < 1.29 is 4.39 Å². The fourth-order valence-corrected chi connectivity index (χ4v) is 3.34. The maximum absolute atomic E-state index is 14.1. The third-order valence-corrected chi connectivity index (χ3v) is 4.54. The number of hydrogen-bond donors (Lipinski definition) is 2. The lowest BCUT2D eigenvalue weighted by Gasteiger charge is -2.35. The molecule has 0 spiro atoms. The van der Waals surface area contributed by atoms with E-state index in [0.717, 1.165) is 35.7 Å². The van der Waals surface area contributed by atoms with E-state index < -0.39 is 0 Å². The monoisotopic (exact) mass is 311 g/mol. The lowest BCUT2D eigenvalue weighted by molar-refractivity contribution is 0.195. The smallest absolute Gasteiger partial charge is 0.126 e. The van der Waals surface area contributed by atoms with Crippen molar-refractivity contribution in [3.8, 4) is 0 Å². The molecule has 2 aromatic heterocycles. The molecule has 0 aliphatic carbocycles. The van der Waals surface area contributed by atoms with E-state index in [4.69, 9.17) is 0 Å². The molecule has 0 saturated heterocycles. The molecule has 6 heteroatoms. The van der Waals surface area contributed by atoms with Gasteiger partial charge in [-0.1, -0.05) is 12.1 Å². The molecule has 0 amide bonds. The van der Waals surface area contributed by atoms with Crippen molar-refractivity contribution in [2.45, 2.75) is 25.9 Å². The third kappa shape index (κ3) is 2.45. The van der Waals surface area contributed by atoms with Crippen molar-refractivity contribution in [1.82, 2.24) is 24.8 Å². The van der Waals surface area contributed by atoms with Crippen LogP contribution in [0.15, 0.2) is 36.9 Å². The van der Waals surface area contributed by atoms with Crippen LogP contribution in [-0.2, 0) is 13.0 Å². The summed E-state index contributed by atoms with van der Waals surface area (Å²) in [5, 5.41) is 0. The van der Waals surface area contributed by atoms with Gasteiger partial charge < -0.3 is 9.97 Å². The van der Waals surface area contributed by atoms with Gasteiger partial charge in [0, 0.05) is 31.1 Å². The predicted molar refractivity (Wildman–Crippen MR) is 84.3 cm³/mol.